The number of thiazole rings is 1. The predicted molar refractivity (Wildman–Crippen MR) is 143 cm³/mol. The summed E-state index contributed by atoms with van der Waals surface area (Å²) in [5.74, 6) is -0.379. The summed E-state index contributed by atoms with van der Waals surface area (Å²) in [6.07, 6.45) is 0. The minimum atomic E-state index is -0.358. The molecule has 1 amide bonds. The summed E-state index contributed by atoms with van der Waals surface area (Å²) >= 11 is 4.82. The summed E-state index contributed by atoms with van der Waals surface area (Å²) in [5, 5.41) is 12.9. The van der Waals surface area contributed by atoms with E-state index in [0.717, 1.165) is 43.7 Å². The average Bonchev–Trinajstić information content (AvgIpc) is 3.22. The fourth-order valence-corrected chi connectivity index (χ4v) is 6.29. The molecule has 5 rings (SSSR count). The highest BCUT2D eigenvalue weighted by Gasteiger charge is 2.27. The molecular formula is C28H24BrN3O2S. The van der Waals surface area contributed by atoms with Gasteiger partial charge in [-0.15, -0.1) is 0 Å². The molecule has 5 nitrogen and oxygen atoms in total. The van der Waals surface area contributed by atoms with Gasteiger partial charge in [-0.25, -0.2) is 9.98 Å². The van der Waals surface area contributed by atoms with Crippen LogP contribution in [0.2, 0.25) is 0 Å². The van der Waals surface area contributed by atoms with Crippen molar-refractivity contribution in [2.24, 2.45) is 9.98 Å². The molecule has 0 saturated carbocycles. The third-order valence-corrected chi connectivity index (χ3v) is 7.39. The van der Waals surface area contributed by atoms with Gasteiger partial charge < -0.3 is 5.11 Å². The lowest BCUT2D eigenvalue weighted by Crippen LogP contribution is -2.26. The summed E-state index contributed by atoms with van der Waals surface area (Å²) in [7, 11) is 0. The van der Waals surface area contributed by atoms with Gasteiger partial charge in [0.25, 0.3) is 5.91 Å². The first-order valence-electron chi connectivity index (χ1n) is 11.2. The zero-order valence-electron chi connectivity index (χ0n) is 20.1. The summed E-state index contributed by atoms with van der Waals surface area (Å²) < 4.78 is 2.58. The zero-order valence-corrected chi connectivity index (χ0v) is 22.5. The van der Waals surface area contributed by atoms with Crippen molar-refractivity contribution in [3.8, 4) is 11.6 Å². The van der Waals surface area contributed by atoms with Crippen molar-refractivity contribution < 1.29 is 9.90 Å². The maximum atomic E-state index is 13.1. The Balaban J connectivity index is 1.88. The van der Waals surface area contributed by atoms with Crippen molar-refractivity contribution in [1.29, 1.82) is 0 Å². The van der Waals surface area contributed by atoms with Crippen LogP contribution in [-0.2, 0) is 4.79 Å². The van der Waals surface area contributed by atoms with E-state index in [0.29, 0.717) is 25.8 Å². The second kappa shape index (κ2) is 8.73. The number of rotatable bonds is 3. The maximum Gasteiger partial charge on any atom is 0.279 e. The molecule has 4 aromatic rings. The number of aryl methyl sites for hydroxylation is 5. The predicted octanol–water partition coefficient (Wildman–Crippen LogP) is 5.14. The Kier molecular flexibility index (Phi) is 5.85. The number of benzene rings is 3. The number of nitrogens with zero attached hydrogens (tertiary/aromatic N) is 3. The molecule has 1 N–H and O–H groups in total. The lowest BCUT2D eigenvalue weighted by Gasteiger charge is -2.09. The highest BCUT2D eigenvalue weighted by Crippen LogP contribution is 2.32. The lowest BCUT2D eigenvalue weighted by atomic mass is 10.1. The molecule has 0 radical (unpaired) electrons. The van der Waals surface area contributed by atoms with E-state index in [1.54, 1.807) is 4.57 Å². The molecule has 2 heterocycles. The minimum absolute atomic E-state index is 0.0212. The number of aromatic nitrogens is 1. The van der Waals surface area contributed by atoms with Gasteiger partial charge in [-0.3, -0.25) is 9.36 Å². The second-order valence-electron chi connectivity index (χ2n) is 9.09. The number of carbonyl (C=O) groups excluding carboxylic acids is 1. The Morgan fingerprint density at radius 1 is 0.886 bits per heavy atom. The first-order valence-corrected chi connectivity index (χ1v) is 12.8. The number of aromatic hydroxyl groups is 1. The Labute approximate surface area is 215 Å². The van der Waals surface area contributed by atoms with Crippen LogP contribution in [0.25, 0.3) is 11.3 Å². The number of carbonyl (C=O) groups is 1. The van der Waals surface area contributed by atoms with Crippen LogP contribution in [-0.4, -0.2) is 15.6 Å². The van der Waals surface area contributed by atoms with E-state index < -0.39 is 0 Å². The molecule has 35 heavy (non-hydrogen) atoms. The van der Waals surface area contributed by atoms with E-state index in [4.69, 9.17) is 4.99 Å². The van der Waals surface area contributed by atoms with Crippen molar-refractivity contribution in [1.82, 2.24) is 4.57 Å². The zero-order chi connectivity index (χ0) is 25.0. The molecule has 0 aliphatic carbocycles. The highest BCUT2D eigenvalue weighted by molar-refractivity contribution is 9.10. The monoisotopic (exact) mass is 545 g/mol. The molecule has 0 unspecified atom stereocenters. The third-order valence-electron chi connectivity index (χ3n) is 5.88. The van der Waals surface area contributed by atoms with Crippen LogP contribution in [0.3, 0.4) is 0 Å². The molecule has 0 saturated heterocycles. The van der Waals surface area contributed by atoms with E-state index in [2.05, 4.69) is 33.1 Å². The van der Waals surface area contributed by atoms with E-state index >= 15 is 0 Å². The van der Waals surface area contributed by atoms with E-state index in [1.165, 1.54) is 11.3 Å². The minimum Gasteiger partial charge on any atom is -0.493 e. The highest BCUT2D eigenvalue weighted by atomic mass is 79.9. The van der Waals surface area contributed by atoms with Gasteiger partial charge in [-0.1, -0.05) is 39.4 Å². The van der Waals surface area contributed by atoms with Crippen LogP contribution in [0.4, 0.5) is 5.69 Å². The van der Waals surface area contributed by atoms with Crippen LogP contribution in [0.15, 0.2) is 63.0 Å². The van der Waals surface area contributed by atoms with E-state index in [9.17, 15) is 9.90 Å². The van der Waals surface area contributed by atoms with Gasteiger partial charge in [0.05, 0.1) is 22.3 Å². The largest absolute Gasteiger partial charge is 0.493 e. The van der Waals surface area contributed by atoms with Crippen molar-refractivity contribution >= 4 is 44.4 Å². The summed E-state index contributed by atoms with van der Waals surface area (Å²) in [5.41, 5.74) is 7.23. The lowest BCUT2D eigenvalue weighted by molar-refractivity contribution is -0.112. The Hall–Kier alpha value is -3.29. The molecule has 1 aliphatic rings. The third kappa shape index (κ3) is 4.30. The van der Waals surface area contributed by atoms with Crippen molar-refractivity contribution in [2.75, 3.05) is 0 Å². The second-order valence-corrected chi connectivity index (χ2v) is 11.0. The molecule has 0 atom stereocenters. The number of halogens is 1. The fourth-order valence-electron chi connectivity index (χ4n) is 4.62. The van der Waals surface area contributed by atoms with Crippen molar-refractivity contribution in [3.63, 3.8) is 0 Å². The summed E-state index contributed by atoms with van der Waals surface area (Å²) in [6.45, 7) is 10.0. The molecule has 176 valence electrons. The fraction of sp³-hybridized carbons (Fsp3) is 0.179. The molecule has 7 heteroatoms. The molecule has 1 aromatic heterocycles. The van der Waals surface area contributed by atoms with Gasteiger partial charge in [0.1, 0.15) is 4.88 Å². The number of hydrogen-bond donors (Lipinski definition) is 1. The van der Waals surface area contributed by atoms with E-state index in [-0.39, 0.29) is 11.8 Å². The van der Waals surface area contributed by atoms with Crippen LogP contribution >= 0.6 is 27.3 Å². The Morgan fingerprint density at radius 3 is 2.11 bits per heavy atom. The average molecular weight is 546 g/mol. The Morgan fingerprint density at radius 2 is 1.49 bits per heavy atom. The van der Waals surface area contributed by atoms with Crippen molar-refractivity contribution in [3.05, 3.63) is 101 Å². The topological polar surface area (TPSA) is 66.9 Å². The summed E-state index contributed by atoms with van der Waals surface area (Å²) in [4.78, 5) is 23.4. The molecule has 3 aromatic carbocycles. The molecule has 1 aliphatic heterocycles. The van der Waals surface area contributed by atoms with Gasteiger partial charge in [-0.2, -0.15) is 0 Å². The smallest absolute Gasteiger partial charge is 0.279 e. The van der Waals surface area contributed by atoms with Gasteiger partial charge in [0.15, 0.2) is 4.80 Å². The van der Waals surface area contributed by atoms with Crippen LogP contribution in [0, 0.1) is 34.6 Å². The number of fused-ring (bicyclic) bond motifs is 1. The maximum absolute atomic E-state index is 13.1. The van der Waals surface area contributed by atoms with Crippen LogP contribution < -0.4 is 15.4 Å². The molecule has 0 fully saturated rings. The van der Waals surface area contributed by atoms with E-state index in [1.807, 2.05) is 71.0 Å². The first kappa shape index (κ1) is 23.5. The van der Waals surface area contributed by atoms with Crippen molar-refractivity contribution in [2.45, 2.75) is 34.6 Å². The van der Waals surface area contributed by atoms with Gasteiger partial charge in [0, 0.05) is 9.69 Å². The first-order chi connectivity index (χ1) is 16.6. The molecular weight excluding hydrogens is 522 g/mol. The molecule has 0 bridgehead atoms. The molecule has 0 spiro atoms. The summed E-state index contributed by atoms with van der Waals surface area (Å²) in [6, 6.07) is 16.0. The number of hydrogen-bond acceptors (Lipinski definition) is 4. The van der Waals surface area contributed by atoms with Gasteiger partial charge in [-0.05, 0) is 98.8 Å². The van der Waals surface area contributed by atoms with Gasteiger partial charge in [0.2, 0.25) is 5.88 Å². The van der Waals surface area contributed by atoms with Crippen LogP contribution in [0.1, 0.15) is 32.7 Å². The normalized spacial score (nSPS) is 13.4. The quantitative estimate of drug-likeness (QED) is 0.387. The standard InChI is InChI=1S/C28H24BrN3O2S/c1-14-6-15(2)9-20(8-14)30-28-32(21-10-16(3)7-17(4)11-21)27(34)25(35-28)23-22-13-19(29)12-18(5)24(22)31-26(23)33/h6-13,34H,1-5H3. The van der Waals surface area contributed by atoms with Gasteiger partial charge >= 0.3 is 0 Å². The number of amides is 1. The SMILES string of the molecule is Cc1cc(C)cc(N=c2sc(C3=c4cc(Br)cc(C)c4=NC3=O)c(O)n2-c2cc(C)cc(C)c2)c1. The Bertz CT molecular complexity index is 1700. The van der Waals surface area contributed by atoms with Crippen LogP contribution in [0.5, 0.6) is 5.88 Å².